The number of benzene rings is 1. The van der Waals surface area contributed by atoms with Crippen LogP contribution in [0.5, 0.6) is 0 Å². The molecular formula is C16H21BrO3S. The number of alkyl halides is 1. The Morgan fingerprint density at radius 3 is 2.43 bits per heavy atom. The van der Waals surface area contributed by atoms with Gasteiger partial charge in [0.2, 0.25) is 0 Å². The lowest BCUT2D eigenvalue weighted by atomic mass is 10.0. The predicted molar refractivity (Wildman–Crippen MR) is 88.9 cm³/mol. The van der Waals surface area contributed by atoms with E-state index in [9.17, 15) is 8.42 Å². The SMILES string of the molecule is C#CC(CCC(Br)CC)COS(=O)(=O)c1ccc(C)cc1. The molecule has 0 spiro atoms. The molecule has 0 amide bonds. The van der Waals surface area contributed by atoms with Gasteiger partial charge in [0.25, 0.3) is 10.1 Å². The minimum Gasteiger partial charge on any atom is -0.265 e. The molecule has 0 heterocycles. The summed E-state index contributed by atoms with van der Waals surface area (Å²) in [5, 5.41) is 0. The summed E-state index contributed by atoms with van der Waals surface area (Å²) < 4.78 is 29.2. The first-order chi connectivity index (χ1) is 9.89. The van der Waals surface area contributed by atoms with Crippen LogP contribution in [-0.2, 0) is 14.3 Å². The second-order valence-electron chi connectivity index (χ2n) is 5.00. The van der Waals surface area contributed by atoms with Crippen molar-refractivity contribution in [1.82, 2.24) is 0 Å². The van der Waals surface area contributed by atoms with E-state index >= 15 is 0 Å². The fourth-order valence-electron chi connectivity index (χ4n) is 1.75. The Morgan fingerprint density at radius 1 is 1.29 bits per heavy atom. The first-order valence-corrected chi connectivity index (χ1v) is 9.27. The molecular weight excluding hydrogens is 352 g/mol. The molecule has 0 radical (unpaired) electrons. The quantitative estimate of drug-likeness (QED) is 0.394. The maximum Gasteiger partial charge on any atom is 0.297 e. The summed E-state index contributed by atoms with van der Waals surface area (Å²) in [5.41, 5.74) is 0.998. The zero-order valence-electron chi connectivity index (χ0n) is 12.4. The van der Waals surface area contributed by atoms with Gasteiger partial charge in [0.15, 0.2) is 0 Å². The summed E-state index contributed by atoms with van der Waals surface area (Å²) in [6, 6.07) is 6.57. The van der Waals surface area contributed by atoms with Crippen LogP contribution in [0.1, 0.15) is 31.7 Å². The van der Waals surface area contributed by atoms with Crippen LogP contribution in [0, 0.1) is 25.2 Å². The second kappa shape index (κ2) is 8.57. The first kappa shape index (κ1) is 18.2. The smallest absolute Gasteiger partial charge is 0.265 e. The van der Waals surface area contributed by atoms with Gasteiger partial charge in [0.05, 0.1) is 11.5 Å². The van der Waals surface area contributed by atoms with E-state index in [1.54, 1.807) is 24.3 Å². The lowest BCUT2D eigenvalue weighted by Crippen LogP contribution is -2.15. The number of terminal acetylenes is 1. The highest BCUT2D eigenvalue weighted by atomic mass is 79.9. The van der Waals surface area contributed by atoms with Crippen LogP contribution >= 0.6 is 15.9 Å². The Balaban J connectivity index is 2.59. The molecule has 1 rings (SSSR count). The fourth-order valence-corrected chi connectivity index (χ4v) is 2.96. The van der Waals surface area contributed by atoms with Crippen LogP contribution in [0.4, 0.5) is 0 Å². The van der Waals surface area contributed by atoms with E-state index < -0.39 is 10.1 Å². The molecule has 21 heavy (non-hydrogen) atoms. The van der Waals surface area contributed by atoms with Gasteiger partial charge in [-0.1, -0.05) is 40.5 Å². The molecule has 0 saturated carbocycles. The van der Waals surface area contributed by atoms with E-state index in [1.807, 2.05) is 6.92 Å². The van der Waals surface area contributed by atoms with Crippen molar-refractivity contribution >= 4 is 26.0 Å². The van der Waals surface area contributed by atoms with Gasteiger partial charge < -0.3 is 0 Å². The van der Waals surface area contributed by atoms with Gasteiger partial charge in [-0.15, -0.1) is 12.3 Å². The summed E-state index contributed by atoms with van der Waals surface area (Å²) in [5.74, 6) is 2.41. The van der Waals surface area contributed by atoms with Crippen LogP contribution in [-0.4, -0.2) is 19.9 Å². The van der Waals surface area contributed by atoms with Gasteiger partial charge in [-0.2, -0.15) is 8.42 Å². The summed E-state index contributed by atoms with van der Waals surface area (Å²) >= 11 is 3.54. The van der Waals surface area contributed by atoms with Gasteiger partial charge in [-0.25, -0.2) is 0 Å². The van der Waals surface area contributed by atoms with E-state index in [2.05, 4.69) is 28.8 Å². The topological polar surface area (TPSA) is 43.4 Å². The Bertz CT molecular complexity index is 573. The average molecular weight is 373 g/mol. The van der Waals surface area contributed by atoms with Gasteiger partial charge in [0, 0.05) is 10.7 Å². The Labute approximate surface area is 136 Å². The monoisotopic (exact) mass is 372 g/mol. The summed E-state index contributed by atoms with van der Waals surface area (Å²) in [7, 11) is -3.73. The van der Waals surface area contributed by atoms with Crippen molar-refractivity contribution < 1.29 is 12.6 Å². The van der Waals surface area contributed by atoms with Crippen LogP contribution < -0.4 is 0 Å². The van der Waals surface area contributed by atoms with Crippen molar-refractivity contribution in [3.63, 3.8) is 0 Å². The lowest BCUT2D eigenvalue weighted by Gasteiger charge is -2.13. The molecule has 2 atom stereocenters. The van der Waals surface area contributed by atoms with E-state index in [-0.39, 0.29) is 17.4 Å². The fraction of sp³-hybridized carbons (Fsp3) is 0.500. The Hall–Kier alpha value is -0.830. The minimum atomic E-state index is -3.73. The third-order valence-corrected chi connectivity index (χ3v) is 5.64. The molecule has 0 N–H and O–H groups in total. The van der Waals surface area contributed by atoms with E-state index in [4.69, 9.17) is 10.6 Å². The van der Waals surface area contributed by atoms with Crippen LogP contribution in [0.2, 0.25) is 0 Å². The van der Waals surface area contributed by atoms with Crippen LogP contribution in [0.15, 0.2) is 29.2 Å². The summed E-state index contributed by atoms with van der Waals surface area (Å²) in [6.07, 6.45) is 8.10. The highest BCUT2D eigenvalue weighted by Crippen LogP contribution is 2.19. The van der Waals surface area contributed by atoms with Crippen molar-refractivity contribution in [1.29, 1.82) is 0 Å². The molecule has 116 valence electrons. The molecule has 0 saturated heterocycles. The van der Waals surface area contributed by atoms with Gasteiger partial charge in [-0.05, 0) is 38.3 Å². The molecule has 0 aromatic heterocycles. The lowest BCUT2D eigenvalue weighted by molar-refractivity contribution is 0.275. The Kier molecular flexibility index (Phi) is 7.44. The zero-order chi connectivity index (χ0) is 15.9. The second-order valence-corrected chi connectivity index (χ2v) is 7.91. The van der Waals surface area contributed by atoms with Gasteiger partial charge in [0.1, 0.15) is 0 Å². The number of hydrogen-bond acceptors (Lipinski definition) is 3. The minimum absolute atomic E-state index is 0.0240. The molecule has 0 bridgehead atoms. The molecule has 5 heteroatoms. The van der Waals surface area contributed by atoms with Gasteiger partial charge >= 0.3 is 0 Å². The maximum atomic E-state index is 12.1. The van der Waals surface area contributed by atoms with Gasteiger partial charge in [-0.3, -0.25) is 4.18 Å². The predicted octanol–water partition coefficient (Wildman–Crippen LogP) is 3.90. The molecule has 0 aliphatic carbocycles. The number of halogens is 1. The third kappa shape index (κ3) is 6.21. The number of rotatable bonds is 8. The summed E-state index contributed by atoms with van der Waals surface area (Å²) in [4.78, 5) is 0.567. The van der Waals surface area contributed by atoms with Crippen LogP contribution in [0.25, 0.3) is 0 Å². The number of hydrogen-bond donors (Lipinski definition) is 0. The number of aryl methyl sites for hydroxylation is 1. The molecule has 0 fully saturated rings. The normalized spacial score (nSPS) is 14.4. The summed E-state index contributed by atoms with van der Waals surface area (Å²) in [6.45, 7) is 4.01. The molecule has 1 aromatic rings. The molecule has 0 aliphatic heterocycles. The van der Waals surface area contributed by atoms with Crippen molar-refractivity contribution in [2.45, 2.75) is 42.8 Å². The zero-order valence-corrected chi connectivity index (χ0v) is 14.8. The molecule has 0 aliphatic rings. The largest absolute Gasteiger partial charge is 0.297 e. The standard InChI is InChI=1S/C16H21BrO3S/c1-4-14(8-9-15(17)5-2)12-20-21(18,19)16-10-6-13(3)7-11-16/h1,6-7,10-11,14-15H,5,8-9,12H2,2-3H3. The highest BCUT2D eigenvalue weighted by Gasteiger charge is 2.18. The van der Waals surface area contributed by atoms with Crippen LogP contribution in [0.3, 0.4) is 0 Å². The molecule has 2 unspecified atom stereocenters. The third-order valence-electron chi connectivity index (χ3n) is 3.24. The Morgan fingerprint density at radius 2 is 1.90 bits per heavy atom. The van der Waals surface area contributed by atoms with Crippen molar-refractivity contribution in [2.75, 3.05) is 6.61 Å². The molecule has 3 nitrogen and oxygen atoms in total. The van der Waals surface area contributed by atoms with E-state index in [0.29, 0.717) is 4.83 Å². The van der Waals surface area contributed by atoms with Crippen molar-refractivity contribution in [3.05, 3.63) is 29.8 Å². The highest BCUT2D eigenvalue weighted by molar-refractivity contribution is 9.09. The average Bonchev–Trinajstić information content (AvgIpc) is 2.47. The maximum absolute atomic E-state index is 12.1. The molecule has 1 aromatic carbocycles. The van der Waals surface area contributed by atoms with Crippen molar-refractivity contribution in [3.8, 4) is 12.3 Å². The first-order valence-electron chi connectivity index (χ1n) is 6.95. The van der Waals surface area contributed by atoms with E-state index in [1.165, 1.54) is 0 Å². The van der Waals surface area contributed by atoms with Crippen molar-refractivity contribution in [2.24, 2.45) is 5.92 Å². The van der Waals surface area contributed by atoms with E-state index in [0.717, 1.165) is 24.8 Å².